The van der Waals surface area contributed by atoms with Crippen molar-refractivity contribution in [3.8, 4) is 0 Å². The van der Waals surface area contributed by atoms with Gasteiger partial charge in [0.25, 0.3) is 0 Å². The number of hydrogen-bond donors (Lipinski definition) is 1. The third kappa shape index (κ3) is 3.18. The molecule has 0 amide bonds. The maximum atomic E-state index is 9.28. The summed E-state index contributed by atoms with van der Waals surface area (Å²) >= 11 is 0. The molecule has 0 aromatic rings. The van der Waals surface area contributed by atoms with Gasteiger partial charge in [-0.3, -0.25) is 0 Å². The Labute approximate surface area is 94.0 Å². The van der Waals surface area contributed by atoms with Gasteiger partial charge in [0.15, 0.2) is 0 Å². The lowest BCUT2D eigenvalue weighted by Crippen LogP contribution is -2.28. The second-order valence-corrected chi connectivity index (χ2v) is 5.64. The van der Waals surface area contributed by atoms with Crippen molar-refractivity contribution in [1.82, 2.24) is 0 Å². The summed E-state index contributed by atoms with van der Waals surface area (Å²) in [6, 6.07) is 0. The molecule has 0 bridgehead atoms. The molecule has 1 N–H and O–H groups in total. The molecule has 0 radical (unpaired) electrons. The van der Waals surface area contributed by atoms with Crippen molar-refractivity contribution >= 4 is 0 Å². The minimum atomic E-state index is 0.000712. The minimum absolute atomic E-state index is 0.000712. The molecule has 0 saturated carbocycles. The fourth-order valence-electron chi connectivity index (χ4n) is 2.63. The van der Waals surface area contributed by atoms with E-state index in [4.69, 9.17) is 4.74 Å². The van der Waals surface area contributed by atoms with Crippen LogP contribution >= 0.6 is 0 Å². The van der Waals surface area contributed by atoms with Gasteiger partial charge in [0.05, 0.1) is 12.7 Å². The predicted molar refractivity (Wildman–Crippen MR) is 62.8 cm³/mol. The van der Waals surface area contributed by atoms with Crippen molar-refractivity contribution in [1.29, 1.82) is 0 Å². The second-order valence-electron chi connectivity index (χ2n) is 5.64. The van der Waals surface area contributed by atoms with E-state index in [-0.39, 0.29) is 12.0 Å². The van der Waals surface area contributed by atoms with Crippen LogP contribution in [0.2, 0.25) is 0 Å². The molecule has 1 fully saturated rings. The van der Waals surface area contributed by atoms with Crippen LogP contribution in [0.25, 0.3) is 0 Å². The van der Waals surface area contributed by atoms with Gasteiger partial charge in [-0.15, -0.1) is 0 Å². The maximum absolute atomic E-state index is 9.28. The highest BCUT2D eigenvalue weighted by Crippen LogP contribution is 2.37. The Balaban J connectivity index is 2.56. The summed E-state index contributed by atoms with van der Waals surface area (Å²) in [5, 5.41) is 9.28. The first-order chi connectivity index (χ1) is 7.04. The summed E-state index contributed by atoms with van der Waals surface area (Å²) < 4.78 is 5.89. The molecule has 3 unspecified atom stereocenters. The summed E-state index contributed by atoms with van der Waals surface area (Å²) in [6.45, 7) is 9.89. The number of rotatable bonds is 5. The Kier molecular flexibility index (Phi) is 4.60. The van der Waals surface area contributed by atoms with Gasteiger partial charge in [-0.2, -0.15) is 0 Å². The summed E-state index contributed by atoms with van der Waals surface area (Å²) in [7, 11) is 0. The minimum Gasteiger partial charge on any atom is -0.396 e. The van der Waals surface area contributed by atoms with Gasteiger partial charge in [-0.05, 0) is 23.7 Å². The Morgan fingerprint density at radius 2 is 1.93 bits per heavy atom. The Bertz CT molecular complexity index is 189. The molecule has 3 atom stereocenters. The normalized spacial score (nSPS) is 32.2. The van der Waals surface area contributed by atoms with E-state index in [1.54, 1.807) is 0 Å². The third-order valence-corrected chi connectivity index (χ3v) is 3.79. The van der Waals surface area contributed by atoms with Crippen LogP contribution in [0.15, 0.2) is 0 Å². The molecule has 1 heterocycles. The Morgan fingerprint density at radius 3 is 2.40 bits per heavy atom. The van der Waals surface area contributed by atoms with E-state index in [0.29, 0.717) is 12.0 Å². The molecule has 0 aromatic heterocycles. The molecule has 1 rings (SSSR count). The van der Waals surface area contributed by atoms with E-state index in [0.717, 1.165) is 18.9 Å². The molecule has 15 heavy (non-hydrogen) atoms. The average Bonchev–Trinajstić information content (AvgIpc) is 2.59. The molecule has 0 aromatic carbocycles. The monoisotopic (exact) mass is 214 g/mol. The third-order valence-electron chi connectivity index (χ3n) is 3.79. The summed E-state index contributed by atoms with van der Waals surface area (Å²) in [5.74, 6) is 1.43. The van der Waals surface area contributed by atoms with Crippen LogP contribution in [0.1, 0.15) is 47.0 Å². The Morgan fingerprint density at radius 1 is 1.27 bits per heavy atom. The van der Waals surface area contributed by atoms with Gasteiger partial charge in [0.2, 0.25) is 0 Å². The molecule has 2 nitrogen and oxygen atoms in total. The highest BCUT2D eigenvalue weighted by atomic mass is 16.5. The second kappa shape index (κ2) is 5.31. The number of aliphatic hydroxyl groups is 1. The van der Waals surface area contributed by atoms with Crippen molar-refractivity contribution < 1.29 is 9.84 Å². The quantitative estimate of drug-likeness (QED) is 0.762. The molecular formula is C13H26O2. The molecule has 90 valence electrons. The van der Waals surface area contributed by atoms with Crippen LogP contribution in [0, 0.1) is 17.3 Å². The number of aliphatic hydroxyl groups excluding tert-OH is 1. The lowest BCUT2D eigenvalue weighted by molar-refractivity contribution is 0.0307. The van der Waals surface area contributed by atoms with Crippen LogP contribution in [-0.2, 0) is 4.74 Å². The lowest BCUT2D eigenvalue weighted by Gasteiger charge is -2.29. The first kappa shape index (κ1) is 13.0. The van der Waals surface area contributed by atoms with E-state index in [1.165, 1.54) is 12.8 Å². The summed E-state index contributed by atoms with van der Waals surface area (Å²) in [5.41, 5.74) is 0.000712. The maximum Gasteiger partial charge on any atom is 0.0612 e. The van der Waals surface area contributed by atoms with Gasteiger partial charge in [0.1, 0.15) is 0 Å². The molecule has 1 saturated heterocycles. The van der Waals surface area contributed by atoms with Crippen molar-refractivity contribution in [2.45, 2.75) is 53.1 Å². The van der Waals surface area contributed by atoms with Crippen LogP contribution in [0.3, 0.4) is 0 Å². The summed E-state index contributed by atoms with van der Waals surface area (Å²) in [6.07, 6.45) is 3.76. The van der Waals surface area contributed by atoms with Gasteiger partial charge in [0, 0.05) is 6.61 Å². The van der Waals surface area contributed by atoms with Crippen molar-refractivity contribution in [2.24, 2.45) is 17.3 Å². The standard InChI is InChI=1S/C13H26O2/c1-5-10-8-15-12(11(10)6-2)7-13(3,4)9-14/h10-12,14H,5-9H2,1-4H3. The predicted octanol–water partition coefficient (Wildman–Crippen LogP) is 2.85. The van der Waals surface area contributed by atoms with Gasteiger partial charge in [-0.25, -0.2) is 0 Å². The average molecular weight is 214 g/mol. The van der Waals surface area contributed by atoms with Crippen LogP contribution in [0.5, 0.6) is 0 Å². The molecule has 0 spiro atoms. The van der Waals surface area contributed by atoms with Gasteiger partial charge >= 0.3 is 0 Å². The fourth-order valence-corrected chi connectivity index (χ4v) is 2.63. The first-order valence-corrected chi connectivity index (χ1v) is 6.26. The van der Waals surface area contributed by atoms with E-state index in [9.17, 15) is 5.11 Å². The summed E-state index contributed by atoms with van der Waals surface area (Å²) in [4.78, 5) is 0. The zero-order valence-electron chi connectivity index (χ0n) is 10.6. The smallest absolute Gasteiger partial charge is 0.0612 e. The fraction of sp³-hybridized carbons (Fsp3) is 1.00. The van der Waals surface area contributed by atoms with E-state index < -0.39 is 0 Å². The molecule has 1 aliphatic rings. The van der Waals surface area contributed by atoms with Crippen LogP contribution in [0.4, 0.5) is 0 Å². The van der Waals surface area contributed by atoms with Crippen molar-refractivity contribution in [3.63, 3.8) is 0 Å². The van der Waals surface area contributed by atoms with Crippen LogP contribution < -0.4 is 0 Å². The highest BCUT2D eigenvalue weighted by molar-refractivity contribution is 4.86. The number of ether oxygens (including phenoxy) is 1. The van der Waals surface area contributed by atoms with Crippen molar-refractivity contribution in [2.75, 3.05) is 13.2 Å². The zero-order chi connectivity index (χ0) is 11.5. The zero-order valence-corrected chi connectivity index (χ0v) is 10.6. The van der Waals surface area contributed by atoms with E-state index in [1.807, 2.05) is 0 Å². The first-order valence-electron chi connectivity index (χ1n) is 6.26. The van der Waals surface area contributed by atoms with Crippen molar-refractivity contribution in [3.05, 3.63) is 0 Å². The largest absolute Gasteiger partial charge is 0.396 e. The number of hydrogen-bond acceptors (Lipinski definition) is 2. The molecule has 1 aliphatic heterocycles. The molecule has 0 aliphatic carbocycles. The lowest BCUT2D eigenvalue weighted by atomic mass is 9.79. The van der Waals surface area contributed by atoms with Crippen LogP contribution in [-0.4, -0.2) is 24.4 Å². The van der Waals surface area contributed by atoms with Gasteiger partial charge < -0.3 is 9.84 Å². The van der Waals surface area contributed by atoms with E-state index in [2.05, 4.69) is 27.7 Å². The molecule has 2 heteroatoms. The molecular weight excluding hydrogens is 188 g/mol. The highest BCUT2D eigenvalue weighted by Gasteiger charge is 2.37. The Hall–Kier alpha value is -0.0800. The van der Waals surface area contributed by atoms with Gasteiger partial charge in [-0.1, -0.05) is 40.5 Å². The SMILES string of the molecule is CCC1COC(CC(C)(C)CO)C1CC. The topological polar surface area (TPSA) is 29.5 Å². The van der Waals surface area contributed by atoms with E-state index >= 15 is 0 Å².